The number of aromatic nitrogens is 1. The van der Waals surface area contributed by atoms with E-state index in [1.807, 2.05) is 18.2 Å². The quantitative estimate of drug-likeness (QED) is 0.408. The first-order valence-electron chi connectivity index (χ1n) is 7.95. The first kappa shape index (κ1) is 20.0. The Labute approximate surface area is 156 Å². The minimum Gasteiger partial charge on any atom is -0.481 e. The van der Waals surface area contributed by atoms with Crippen molar-refractivity contribution in [3.63, 3.8) is 0 Å². The zero-order chi connectivity index (χ0) is 15.8. The number of halogens is 1. The number of rotatable bonds is 6. The van der Waals surface area contributed by atoms with Gasteiger partial charge in [-0.2, -0.15) is 0 Å². The summed E-state index contributed by atoms with van der Waals surface area (Å²) >= 11 is 0. The molecule has 1 unspecified atom stereocenters. The Bertz CT molecular complexity index is 497. The van der Waals surface area contributed by atoms with Crippen LogP contribution in [0.2, 0.25) is 0 Å². The molecule has 0 spiro atoms. The van der Waals surface area contributed by atoms with E-state index >= 15 is 0 Å². The van der Waals surface area contributed by atoms with E-state index in [-0.39, 0.29) is 24.0 Å². The lowest BCUT2D eigenvalue weighted by atomic mass is 10.2. The molecule has 2 rings (SSSR count). The van der Waals surface area contributed by atoms with Gasteiger partial charge in [0.25, 0.3) is 0 Å². The van der Waals surface area contributed by atoms with Crippen LogP contribution in [0.25, 0.3) is 0 Å². The number of likely N-dealkylation sites (tertiary alicyclic amines) is 1. The van der Waals surface area contributed by atoms with Crippen LogP contribution in [0, 0.1) is 0 Å². The van der Waals surface area contributed by atoms with Crippen molar-refractivity contribution in [3.8, 4) is 5.88 Å². The molecule has 0 bridgehead atoms. The third kappa shape index (κ3) is 6.14. The Morgan fingerprint density at radius 1 is 1.43 bits per heavy atom. The van der Waals surface area contributed by atoms with Crippen LogP contribution in [0.1, 0.15) is 25.5 Å². The fourth-order valence-electron chi connectivity index (χ4n) is 2.82. The molecule has 2 heterocycles. The van der Waals surface area contributed by atoms with Crippen molar-refractivity contribution in [2.24, 2.45) is 4.99 Å². The highest BCUT2D eigenvalue weighted by atomic mass is 127. The topological polar surface area (TPSA) is 61.8 Å². The predicted molar refractivity (Wildman–Crippen MR) is 105 cm³/mol. The summed E-state index contributed by atoms with van der Waals surface area (Å²) < 4.78 is 5.14. The van der Waals surface area contributed by atoms with Gasteiger partial charge in [0.05, 0.1) is 19.3 Å². The van der Waals surface area contributed by atoms with Gasteiger partial charge in [-0.25, -0.2) is 4.98 Å². The number of hydrogen-bond acceptors (Lipinski definition) is 4. The summed E-state index contributed by atoms with van der Waals surface area (Å²) in [4.78, 5) is 11.2. The lowest BCUT2D eigenvalue weighted by molar-refractivity contribution is 0.267. The Morgan fingerprint density at radius 2 is 2.26 bits per heavy atom. The number of ether oxygens (including phenoxy) is 1. The summed E-state index contributed by atoms with van der Waals surface area (Å²) in [7, 11) is 3.42. The maximum absolute atomic E-state index is 5.14. The van der Waals surface area contributed by atoms with Crippen molar-refractivity contribution in [2.45, 2.75) is 32.4 Å². The van der Waals surface area contributed by atoms with Crippen molar-refractivity contribution in [1.82, 2.24) is 20.5 Å². The molecular weight excluding hydrogens is 405 g/mol. The maximum atomic E-state index is 5.14. The van der Waals surface area contributed by atoms with Gasteiger partial charge in [-0.3, -0.25) is 9.89 Å². The SMILES string of the molecule is CCN1CCCC1CNC(=NC)NCc1cccc(OC)n1.I. The number of aliphatic imine (C=N–C) groups is 1. The van der Waals surface area contributed by atoms with E-state index in [9.17, 15) is 0 Å². The number of guanidine groups is 1. The lowest BCUT2D eigenvalue weighted by Crippen LogP contribution is -2.44. The van der Waals surface area contributed by atoms with Gasteiger partial charge >= 0.3 is 0 Å². The molecule has 6 nitrogen and oxygen atoms in total. The van der Waals surface area contributed by atoms with Crippen molar-refractivity contribution in [2.75, 3.05) is 33.8 Å². The van der Waals surface area contributed by atoms with Crippen LogP contribution in [0.4, 0.5) is 0 Å². The molecule has 0 saturated carbocycles. The zero-order valence-electron chi connectivity index (χ0n) is 14.2. The van der Waals surface area contributed by atoms with E-state index in [1.54, 1.807) is 14.2 Å². The van der Waals surface area contributed by atoms with Crippen LogP contribution in [0.15, 0.2) is 23.2 Å². The standard InChI is InChI=1S/C16H27N5O.HI/c1-4-21-10-6-8-14(21)12-19-16(17-2)18-11-13-7-5-9-15(20-13)22-3;/h5,7,9,14H,4,6,8,10-12H2,1-3H3,(H2,17,18,19);1H. The molecule has 1 aliphatic heterocycles. The molecule has 7 heteroatoms. The zero-order valence-corrected chi connectivity index (χ0v) is 16.5. The number of nitrogens with one attached hydrogen (secondary N) is 2. The van der Waals surface area contributed by atoms with Gasteiger partial charge in [-0.1, -0.05) is 13.0 Å². The molecule has 23 heavy (non-hydrogen) atoms. The van der Waals surface area contributed by atoms with Gasteiger partial charge < -0.3 is 15.4 Å². The fraction of sp³-hybridized carbons (Fsp3) is 0.625. The summed E-state index contributed by atoms with van der Waals surface area (Å²) in [5, 5.41) is 6.71. The van der Waals surface area contributed by atoms with Crippen LogP contribution in [-0.4, -0.2) is 55.7 Å². The van der Waals surface area contributed by atoms with E-state index < -0.39 is 0 Å². The van der Waals surface area contributed by atoms with Crippen molar-refractivity contribution >= 4 is 29.9 Å². The molecule has 1 atom stereocenters. The Kier molecular flexibility index (Phi) is 9.23. The first-order chi connectivity index (χ1) is 10.8. The molecular formula is C16H28IN5O. The number of nitrogens with zero attached hydrogens (tertiary/aromatic N) is 3. The maximum Gasteiger partial charge on any atom is 0.213 e. The van der Waals surface area contributed by atoms with Crippen molar-refractivity contribution in [1.29, 1.82) is 0 Å². The second kappa shape index (κ2) is 10.6. The molecule has 0 aliphatic carbocycles. The number of pyridine rings is 1. The minimum atomic E-state index is 0. The third-order valence-electron chi connectivity index (χ3n) is 4.06. The monoisotopic (exact) mass is 433 g/mol. The number of methoxy groups -OCH3 is 1. The Balaban J connectivity index is 0.00000264. The van der Waals surface area contributed by atoms with Crippen LogP contribution >= 0.6 is 24.0 Å². The normalized spacial score (nSPS) is 18.4. The summed E-state index contributed by atoms with van der Waals surface area (Å²) in [6, 6.07) is 6.36. The summed E-state index contributed by atoms with van der Waals surface area (Å²) in [6.07, 6.45) is 2.55. The van der Waals surface area contributed by atoms with E-state index in [0.29, 0.717) is 18.5 Å². The molecule has 0 amide bonds. The van der Waals surface area contributed by atoms with E-state index in [4.69, 9.17) is 4.74 Å². The van der Waals surface area contributed by atoms with Gasteiger partial charge in [-0.05, 0) is 32.0 Å². The molecule has 0 radical (unpaired) electrons. The molecule has 1 aromatic heterocycles. The van der Waals surface area contributed by atoms with E-state index in [1.165, 1.54) is 19.4 Å². The number of hydrogen-bond donors (Lipinski definition) is 2. The average Bonchev–Trinajstić information content (AvgIpc) is 3.02. The summed E-state index contributed by atoms with van der Waals surface area (Å²) in [6.45, 7) is 6.10. The van der Waals surface area contributed by atoms with Gasteiger partial charge in [0.15, 0.2) is 5.96 Å². The van der Waals surface area contributed by atoms with Crippen LogP contribution in [-0.2, 0) is 6.54 Å². The van der Waals surface area contributed by atoms with E-state index in [2.05, 4.69) is 32.4 Å². The second-order valence-electron chi connectivity index (χ2n) is 5.40. The lowest BCUT2D eigenvalue weighted by Gasteiger charge is -2.23. The van der Waals surface area contributed by atoms with Gasteiger partial charge in [0, 0.05) is 25.7 Å². The predicted octanol–water partition coefficient (Wildman–Crippen LogP) is 1.86. The van der Waals surface area contributed by atoms with E-state index in [0.717, 1.165) is 24.7 Å². The molecule has 130 valence electrons. The highest BCUT2D eigenvalue weighted by Crippen LogP contribution is 2.15. The van der Waals surface area contributed by atoms with Crippen LogP contribution < -0.4 is 15.4 Å². The second-order valence-corrected chi connectivity index (χ2v) is 5.40. The Morgan fingerprint density at radius 3 is 2.96 bits per heavy atom. The Hall–Kier alpha value is -1.09. The average molecular weight is 433 g/mol. The van der Waals surface area contributed by atoms with Crippen LogP contribution in [0.5, 0.6) is 5.88 Å². The number of likely N-dealkylation sites (N-methyl/N-ethyl adjacent to an activating group) is 1. The van der Waals surface area contributed by atoms with Gasteiger partial charge in [0.2, 0.25) is 5.88 Å². The molecule has 1 aromatic rings. The molecule has 0 aromatic carbocycles. The highest BCUT2D eigenvalue weighted by Gasteiger charge is 2.22. The first-order valence-corrected chi connectivity index (χ1v) is 7.95. The molecule has 1 fully saturated rings. The smallest absolute Gasteiger partial charge is 0.213 e. The largest absolute Gasteiger partial charge is 0.481 e. The van der Waals surface area contributed by atoms with Crippen molar-refractivity contribution < 1.29 is 4.74 Å². The highest BCUT2D eigenvalue weighted by molar-refractivity contribution is 14.0. The summed E-state index contributed by atoms with van der Waals surface area (Å²) in [5.41, 5.74) is 0.929. The van der Waals surface area contributed by atoms with Crippen LogP contribution in [0.3, 0.4) is 0 Å². The van der Waals surface area contributed by atoms with Gasteiger partial charge in [-0.15, -0.1) is 24.0 Å². The minimum absolute atomic E-state index is 0. The molecule has 1 saturated heterocycles. The molecule has 2 N–H and O–H groups in total. The third-order valence-corrected chi connectivity index (χ3v) is 4.06. The molecule has 1 aliphatic rings. The fourth-order valence-corrected chi connectivity index (χ4v) is 2.82. The summed E-state index contributed by atoms with van der Waals surface area (Å²) in [5.74, 6) is 1.44. The van der Waals surface area contributed by atoms with Gasteiger partial charge in [0.1, 0.15) is 0 Å². The van der Waals surface area contributed by atoms with Crippen molar-refractivity contribution in [3.05, 3.63) is 23.9 Å².